The number of hydrogen-bond donors (Lipinski definition) is 0. The monoisotopic (exact) mass is 1020 g/mol. The molecule has 6 heteroatoms. The molecule has 1 aliphatic carbocycles. The normalized spacial score (nSPS) is 12.2. The minimum absolute atomic E-state index is 0.617. The quantitative estimate of drug-likeness (QED) is 0.167. The first-order chi connectivity index (χ1) is 39.8. The maximum absolute atomic E-state index is 5.97. The minimum Gasteiger partial charge on any atom is -0.309 e. The summed E-state index contributed by atoms with van der Waals surface area (Å²) in [5.41, 5.74) is 20.1. The summed E-state index contributed by atoms with van der Waals surface area (Å²) < 4.78 is 9.55. The van der Waals surface area contributed by atoms with E-state index in [0.29, 0.717) is 5.95 Å². The van der Waals surface area contributed by atoms with Crippen LogP contribution >= 0.6 is 0 Å². The predicted octanol–water partition coefficient (Wildman–Crippen LogP) is 19.0. The largest absolute Gasteiger partial charge is 0.309 e. The van der Waals surface area contributed by atoms with Crippen molar-refractivity contribution in [1.82, 2.24) is 28.2 Å². The highest BCUT2D eigenvalue weighted by molar-refractivity contribution is 6.25. The molecule has 5 aromatic heterocycles. The lowest BCUT2D eigenvalue weighted by Crippen LogP contribution is -2.08. The van der Waals surface area contributed by atoms with Crippen molar-refractivity contribution in [3.63, 3.8) is 0 Å². The number of aromatic nitrogens is 6. The van der Waals surface area contributed by atoms with Gasteiger partial charge in [-0.2, -0.15) is 4.98 Å². The van der Waals surface area contributed by atoms with Gasteiger partial charge in [-0.1, -0.05) is 194 Å². The molecule has 12 aromatic carbocycles. The minimum atomic E-state index is 0.617. The summed E-state index contributed by atoms with van der Waals surface area (Å²) in [5, 5.41) is 11.9. The molecule has 0 bridgehead atoms. The van der Waals surface area contributed by atoms with E-state index in [1.165, 1.54) is 76.5 Å². The smallest absolute Gasteiger partial charge is 0.237 e. The number of para-hydroxylation sites is 6. The van der Waals surface area contributed by atoms with Crippen LogP contribution in [0.3, 0.4) is 0 Å². The molecule has 0 unspecified atom stereocenters. The average molecular weight is 1020 g/mol. The number of fused-ring (bicyclic) bond motifs is 15. The summed E-state index contributed by atoms with van der Waals surface area (Å²) in [6, 6.07) is 97.2. The Hall–Kier alpha value is -10.8. The molecule has 0 saturated heterocycles. The SMILES string of the molecule is c1ccc(-n2c3ccccc3c3c(-c4cccc5c4c4ccccc4n5-c4nc5c(c(-n6c7ccccc7c7c(-c8cccc9c8c8ccccc8n9-c8ccccc8)cccc76)n4)-c4cccc6cccc-5c46)cccc32)cc1. The van der Waals surface area contributed by atoms with Gasteiger partial charge < -0.3 is 9.13 Å². The van der Waals surface area contributed by atoms with E-state index in [1.54, 1.807) is 0 Å². The number of nitrogens with zero attached hydrogens (tertiary/aromatic N) is 6. The lowest BCUT2D eigenvalue weighted by atomic mass is 9.95. The zero-order valence-electron chi connectivity index (χ0n) is 43.1. The van der Waals surface area contributed by atoms with Gasteiger partial charge in [0.2, 0.25) is 5.95 Å². The van der Waals surface area contributed by atoms with Gasteiger partial charge in [-0.15, -0.1) is 0 Å². The van der Waals surface area contributed by atoms with Crippen LogP contribution in [0.5, 0.6) is 0 Å². The fourth-order valence-corrected chi connectivity index (χ4v) is 14.0. The number of rotatable bonds is 6. The van der Waals surface area contributed by atoms with Crippen LogP contribution in [-0.4, -0.2) is 28.2 Å². The second-order valence-electron chi connectivity index (χ2n) is 21.2. The first-order valence-corrected chi connectivity index (χ1v) is 27.4. The van der Waals surface area contributed by atoms with Crippen LogP contribution in [0, 0.1) is 0 Å². The molecule has 0 radical (unpaired) electrons. The zero-order chi connectivity index (χ0) is 52.2. The molecule has 0 N–H and O–H groups in total. The van der Waals surface area contributed by atoms with Crippen LogP contribution in [0.2, 0.25) is 0 Å². The van der Waals surface area contributed by atoms with Crippen molar-refractivity contribution in [3.8, 4) is 67.8 Å². The molecule has 0 saturated carbocycles. The molecule has 370 valence electrons. The summed E-state index contributed by atoms with van der Waals surface area (Å²) in [6.07, 6.45) is 0. The molecular formula is C74H44N6. The molecule has 0 fully saturated rings. The van der Waals surface area contributed by atoms with Crippen molar-refractivity contribution in [2.75, 3.05) is 0 Å². The van der Waals surface area contributed by atoms with E-state index in [9.17, 15) is 0 Å². The third kappa shape index (κ3) is 5.80. The van der Waals surface area contributed by atoms with E-state index >= 15 is 0 Å². The van der Waals surface area contributed by atoms with E-state index in [-0.39, 0.29) is 0 Å². The molecule has 0 amide bonds. The molecular weight excluding hydrogens is 973 g/mol. The van der Waals surface area contributed by atoms with Crippen molar-refractivity contribution < 1.29 is 0 Å². The van der Waals surface area contributed by atoms with Gasteiger partial charge in [0.05, 0.1) is 55.4 Å². The number of benzene rings is 12. The Morgan fingerprint density at radius 2 is 0.562 bits per heavy atom. The Morgan fingerprint density at radius 3 is 1.02 bits per heavy atom. The third-order valence-electron chi connectivity index (χ3n) is 17.1. The van der Waals surface area contributed by atoms with Gasteiger partial charge in [-0.25, -0.2) is 4.98 Å². The molecule has 0 spiro atoms. The molecule has 80 heavy (non-hydrogen) atoms. The Kier molecular flexibility index (Phi) is 8.85. The van der Waals surface area contributed by atoms with E-state index in [1.807, 2.05) is 0 Å². The highest BCUT2D eigenvalue weighted by Gasteiger charge is 2.32. The molecule has 17 aromatic rings. The average Bonchev–Trinajstić information content (AvgIpc) is 4.48. The van der Waals surface area contributed by atoms with Crippen molar-refractivity contribution in [2.24, 2.45) is 0 Å². The Labute approximate surface area is 458 Å². The summed E-state index contributed by atoms with van der Waals surface area (Å²) in [4.78, 5) is 11.8. The van der Waals surface area contributed by atoms with Crippen LogP contribution < -0.4 is 0 Å². The predicted molar refractivity (Wildman–Crippen MR) is 332 cm³/mol. The van der Waals surface area contributed by atoms with Gasteiger partial charge in [-0.05, 0) is 111 Å². The highest BCUT2D eigenvalue weighted by atomic mass is 15.2. The molecule has 5 heterocycles. The maximum Gasteiger partial charge on any atom is 0.237 e. The van der Waals surface area contributed by atoms with Gasteiger partial charge in [0, 0.05) is 60.0 Å². The summed E-state index contributed by atoms with van der Waals surface area (Å²) >= 11 is 0. The fraction of sp³-hybridized carbons (Fsp3) is 0. The van der Waals surface area contributed by atoms with Crippen LogP contribution in [0.4, 0.5) is 0 Å². The Morgan fingerprint density at radius 1 is 0.225 bits per heavy atom. The summed E-state index contributed by atoms with van der Waals surface area (Å²) in [6.45, 7) is 0. The van der Waals surface area contributed by atoms with E-state index < -0.39 is 0 Å². The number of hydrogen-bond acceptors (Lipinski definition) is 2. The van der Waals surface area contributed by atoms with E-state index in [4.69, 9.17) is 9.97 Å². The Bertz CT molecular complexity index is 5480. The summed E-state index contributed by atoms with van der Waals surface area (Å²) in [5.74, 6) is 1.46. The maximum atomic E-state index is 5.97. The zero-order valence-corrected chi connectivity index (χ0v) is 43.1. The van der Waals surface area contributed by atoms with Gasteiger partial charge in [0.25, 0.3) is 0 Å². The summed E-state index contributed by atoms with van der Waals surface area (Å²) in [7, 11) is 0. The lowest BCUT2D eigenvalue weighted by molar-refractivity contribution is 0.957. The molecule has 6 nitrogen and oxygen atoms in total. The van der Waals surface area contributed by atoms with Gasteiger partial charge >= 0.3 is 0 Å². The second-order valence-corrected chi connectivity index (χ2v) is 21.2. The van der Waals surface area contributed by atoms with Crippen LogP contribution in [-0.2, 0) is 0 Å². The third-order valence-corrected chi connectivity index (χ3v) is 17.1. The highest BCUT2D eigenvalue weighted by Crippen LogP contribution is 2.52. The van der Waals surface area contributed by atoms with Crippen molar-refractivity contribution >= 4 is 98.0 Å². The van der Waals surface area contributed by atoms with Gasteiger partial charge in [0.15, 0.2) is 5.82 Å². The first kappa shape index (κ1) is 43.3. The lowest BCUT2D eigenvalue weighted by Gasteiger charge is -2.16. The topological polar surface area (TPSA) is 45.5 Å². The molecule has 0 aliphatic heterocycles. The van der Waals surface area contributed by atoms with Crippen LogP contribution in [0.25, 0.3) is 166 Å². The Balaban J connectivity index is 0.926. The standard InChI is InChI=1S/C74H44N6/c1-3-23-46(24-4-1)77-58-37-11-7-27-52(58)67-48(31-17-41-62(67)77)50-33-19-43-64-69(50)54-29-9-13-39-60(54)79(64)73-71-56-35-15-21-45-22-16-36-57(66(45)56)72(71)75-74(76-73)80-61-40-14-10-30-55(61)70-51(34-20-44-65(70)80)49-32-18-42-63-68(49)53-28-8-12-38-59(53)78(63)47-25-5-2-6-26-47/h1-44H. The second kappa shape index (κ2) is 16.4. The first-order valence-electron chi connectivity index (χ1n) is 27.4. The van der Waals surface area contributed by atoms with Crippen molar-refractivity contribution in [3.05, 3.63) is 267 Å². The van der Waals surface area contributed by atoms with Crippen molar-refractivity contribution in [2.45, 2.75) is 0 Å². The van der Waals surface area contributed by atoms with Gasteiger partial charge in [0.1, 0.15) is 0 Å². The fourth-order valence-electron chi connectivity index (χ4n) is 14.0. The molecule has 0 atom stereocenters. The van der Waals surface area contributed by atoms with Crippen molar-refractivity contribution in [1.29, 1.82) is 0 Å². The molecule has 1 aliphatic rings. The van der Waals surface area contributed by atoms with Gasteiger partial charge in [-0.3, -0.25) is 9.13 Å². The van der Waals surface area contributed by atoms with E-state index in [2.05, 4.69) is 285 Å². The molecule has 18 rings (SSSR count). The van der Waals surface area contributed by atoms with E-state index in [0.717, 1.165) is 83.4 Å². The van der Waals surface area contributed by atoms with Crippen LogP contribution in [0.1, 0.15) is 0 Å². The van der Waals surface area contributed by atoms with Crippen LogP contribution in [0.15, 0.2) is 267 Å².